The van der Waals surface area contributed by atoms with Crippen LogP contribution in [-0.4, -0.2) is 75.9 Å². The van der Waals surface area contributed by atoms with Crippen molar-refractivity contribution in [2.45, 2.75) is 96.4 Å². The summed E-state index contributed by atoms with van der Waals surface area (Å²) in [5, 5.41) is 12.9. The maximum absolute atomic E-state index is 14.1. The number of benzene rings is 1. The Labute approximate surface area is 251 Å². The number of ether oxygens (including phenoxy) is 3. The van der Waals surface area contributed by atoms with Crippen molar-refractivity contribution in [1.29, 1.82) is 0 Å². The van der Waals surface area contributed by atoms with E-state index in [2.05, 4.69) is 5.32 Å². The van der Waals surface area contributed by atoms with E-state index in [0.717, 1.165) is 32.1 Å². The van der Waals surface area contributed by atoms with Crippen molar-refractivity contribution < 1.29 is 33.7 Å². The van der Waals surface area contributed by atoms with Crippen LogP contribution in [-0.2, 0) is 25.5 Å². The first-order valence-electron chi connectivity index (χ1n) is 15.5. The zero-order chi connectivity index (χ0) is 30.5. The van der Waals surface area contributed by atoms with Crippen LogP contribution in [0.5, 0.6) is 11.6 Å². The molecule has 43 heavy (non-hydrogen) atoms. The Morgan fingerprint density at radius 1 is 1.05 bits per heavy atom. The third-order valence-electron chi connectivity index (χ3n) is 9.61. The average molecular weight is 595 g/mol. The van der Waals surface area contributed by atoms with Gasteiger partial charge in [0.25, 0.3) is 0 Å². The molecule has 0 radical (unpaired) electrons. The SMILES string of the molecule is COC(=O)[C@@H]1C[C@@H]2CN1C(=O)[C@H](C(C)(C)C)NC(=O)O[C@@H]1CC3C[C@@H]3[C@H]1CCCCCc1nc3ccc(O)cc3nc1O2. The van der Waals surface area contributed by atoms with E-state index in [-0.39, 0.29) is 24.8 Å². The standard InChI is InChI=1S/C32H42N4O7/c1-32(2,3)27-29(38)36-16-19(15-25(36)30(39)41-4)42-28-23(33-22-11-10-18(37)14-24(22)34-28)9-7-5-6-8-20-21-12-17(21)13-26(20)43-31(40)35-27/h10-11,14,17,19-21,25-27,37H,5-9,12-13,15-16H2,1-4H3,(H,35,40)/t17?,19-,20-,21+,25+,26-,27-/m1/s1. The van der Waals surface area contributed by atoms with Crippen molar-refractivity contribution in [3.05, 3.63) is 23.9 Å². The molecule has 232 valence electrons. The van der Waals surface area contributed by atoms with Gasteiger partial charge in [-0.3, -0.25) is 4.79 Å². The van der Waals surface area contributed by atoms with Crippen LogP contribution in [0.15, 0.2) is 18.2 Å². The van der Waals surface area contributed by atoms with Gasteiger partial charge in [0.05, 0.1) is 24.7 Å². The Bertz CT molecular complexity index is 1410. The fourth-order valence-electron chi connectivity index (χ4n) is 7.27. The zero-order valence-electron chi connectivity index (χ0n) is 25.4. The molecule has 2 N–H and O–H groups in total. The number of aryl methyl sites for hydroxylation is 1. The Morgan fingerprint density at radius 3 is 2.63 bits per heavy atom. The number of phenols is 1. The number of nitrogens with one attached hydrogen (secondary N) is 1. The third-order valence-corrected chi connectivity index (χ3v) is 9.61. The number of aromatic hydroxyl groups is 1. The monoisotopic (exact) mass is 594 g/mol. The quantitative estimate of drug-likeness (QED) is 0.466. The maximum Gasteiger partial charge on any atom is 0.408 e. The Kier molecular flexibility index (Phi) is 7.85. The molecule has 7 atom stereocenters. The summed E-state index contributed by atoms with van der Waals surface area (Å²) in [5.74, 6) is 1.02. The topological polar surface area (TPSA) is 140 Å². The van der Waals surface area contributed by atoms with Crippen molar-refractivity contribution in [2.24, 2.45) is 23.2 Å². The number of rotatable bonds is 1. The van der Waals surface area contributed by atoms with Gasteiger partial charge in [-0.2, -0.15) is 0 Å². The van der Waals surface area contributed by atoms with Gasteiger partial charge in [-0.15, -0.1) is 0 Å². The molecular weight excluding hydrogens is 552 g/mol. The average Bonchev–Trinajstić information content (AvgIpc) is 3.45. The minimum atomic E-state index is -0.932. The molecule has 6 rings (SSSR count). The summed E-state index contributed by atoms with van der Waals surface area (Å²) < 4.78 is 17.5. The zero-order valence-corrected chi connectivity index (χ0v) is 25.4. The van der Waals surface area contributed by atoms with E-state index in [4.69, 9.17) is 24.2 Å². The number of alkyl carbamates (subject to hydrolysis) is 1. The van der Waals surface area contributed by atoms with E-state index in [1.807, 2.05) is 20.8 Å². The predicted octanol–water partition coefficient (Wildman–Crippen LogP) is 4.14. The molecule has 2 saturated carbocycles. The minimum Gasteiger partial charge on any atom is -0.508 e. The molecule has 11 nitrogen and oxygen atoms in total. The Balaban J connectivity index is 1.34. The van der Waals surface area contributed by atoms with Gasteiger partial charge >= 0.3 is 12.1 Å². The van der Waals surface area contributed by atoms with Gasteiger partial charge in [0, 0.05) is 12.5 Å². The highest BCUT2D eigenvalue weighted by molar-refractivity contribution is 5.91. The van der Waals surface area contributed by atoms with Gasteiger partial charge in [0.15, 0.2) is 0 Å². The van der Waals surface area contributed by atoms with E-state index < -0.39 is 41.6 Å². The molecule has 2 aromatic rings. The molecule has 2 aliphatic carbocycles. The summed E-state index contributed by atoms with van der Waals surface area (Å²) in [5.41, 5.74) is 1.21. The van der Waals surface area contributed by atoms with Crippen molar-refractivity contribution in [3.8, 4) is 11.6 Å². The lowest BCUT2D eigenvalue weighted by Gasteiger charge is -2.35. The molecule has 3 heterocycles. The summed E-state index contributed by atoms with van der Waals surface area (Å²) in [6.45, 7) is 5.73. The van der Waals surface area contributed by atoms with Crippen LogP contribution >= 0.6 is 0 Å². The highest BCUT2D eigenvalue weighted by Gasteiger charge is 2.54. The van der Waals surface area contributed by atoms with Crippen LogP contribution in [0.2, 0.25) is 0 Å². The number of phenolic OH excluding ortho intramolecular Hbond substituents is 1. The molecule has 0 spiro atoms. The van der Waals surface area contributed by atoms with Crippen molar-refractivity contribution in [3.63, 3.8) is 0 Å². The van der Waals surface area contributed by atoms with Gasteiger partial charge in [-0.1, -0.05) is 33.6 Å². The minimum absolute atomic E-state index is 0.0766. The van der Waals surface area contributed by atoms with Crippen LogP contribution in [0, 0.1) is 23.2 Å². The predicted molar refractivity (Wildman–Crippen MR) is 156 cm³/mol. The van der Waals surface area contributed by atoms with E-state index in [1.165, 1.54) is 18.4 Å². The molecule has 1 aromatic heterocycles. The number of nitrogens with zero attached hydrogens (tertiary/aromatic N) is 3. The first-order valence-corrected chi connectivity index (χ1v) is 15.5. The molecule has 2 amide bonds. The molecule has 2 aliphatic heterocycles. The lowest BCUT2D eigenvalue weighted by molar-refractivity contribution is -0.152. The van der Waals surface area contributed by atoms with Crippen molar-refractivity contribution in [1.82, 2.24) is 20.2 Å². The van der Waals surface area contributed by atoms with E-state index in [9.17, 15) is 19.5 Å². The maximum atomic E-state index is 14.1. The number of carbonyl (C=O) groups is 3. The van der Waals surface area contributed by atoms with Crippen LogP contribution in [0.3, 0.4) is 0 Å². The number of hydrogen-bond donors (Lipinski definition) is 2. The number of methoxy groups -OCH3 is 1. The molecule has 1 unspecified atom stereocenters. The number of carbonyl (C=O) groups excluding carboxylic acids is 3. The Hall–Kier alpha value is -3.63. The highest BCUT2D eigenvalue weighted by Crippen LogP contribution is 2.57. The van der Waals surface area contributed by atoms with Crippen LogP contribution < -0.4 is 10.1 Å². The van der Waals surface area contributed by atoms with Gasteiger partial charge < -0.3 is 29.5 Å². The highest BCUT2D eigenvalue weighted by atomic mass is 16.6. The van der Waals surface area contributed by atoms with Crippen molar-refractivity contribution >= 4 is 29.0 Å². The summed E-state index contributed by atoms with van der Waals surface area (Å²) in [6, 6.07) is 3.04. The molecule has 11 heteroatoms. The van der Waals surface area contributed by atoms with Crippen LogP contribution in [0.25, 0.3) is 11.0 Å². The molecule has 4 aliphatic rings. The van der Waals surface area contributed by atoms with Crippen molar-refractivity contribution in [2.75, 3.05) is 13.7 Å². The first kappa shape index (κ1) is 29.4. The molecule has 3 fully saturated rings. The summed E-state index contributed by atoms with van der Waals surface area (Å²) >= 11 is 0. The lowest BCUT2D eigenvalue weighted by Crippen LogP contribution is -2.57. The van der Waals surface area contributed by atoms with Gasteiger partial charge in [0.2, 0.25) is 11.8 Å². The van der Waals surface area contributed by atoms with Crippen LogP contribution in [0.4, 0.5) is 4.79 Å². The number of aromatic nitrogens is 2. The fraction of sp³-hybridized carbons (Fsp3) is 0.656. The van der Waals surface area contributed by atoms with Crippen LogP contribution in [0.1, 0.15) is 71.4 Å². The number of amides is 2. The summed E-state index contributed by atoms with van der Waals surface area (Å²) in [7, 11) is 1.29. The number of esters is 1. The van der Waals surface area contributed by atoms with E-state index in [0.29, 0.717) is 46.8 Å². The summed E-state index contributed by atoms with van der Waals surface area (Å²) in [6.07, 6.45) is 5.50. The fourth-order valence-corrected chi connectivity index (χ4v) is 7.27. The molecule has 2 bridgehead atoms. The molecule has 1 aromatic carbocycles. The molecule has 1 saturated heterocycles. The second-order valence-corrected chi connectivity index (χ2v) is 13.7. The number of hydrogen-bond acceptors (Lipinski definition) is 9. The lowest BCUT2D eigenvalue weighted by atomic mass is 9.85. The summed E-state index contributed by atoms with van der Waals surface area (Å²) in [4.78, 5) is 51.3. The van der Waals surface area contributed by atoms with Gasteiger partial charge in [-0.25, -0.2) is 19.6 Å². The van der Waals surface area contributed by atoms with E-state index in [1.54, 1.807) is 18.2 Å². The smallest absolute Gasteiger partial charge is 0.408 e. The largest absolute Gasteiger partial charge is 0.508 e. The van der Waals surface area contributed by atoms with Gasteiger partial charge in [-0.05, 0) is 67.4 Å². The van der Waals surface area contributed by atoms with E-state index >= 15 is 0 Å². The second kappa shape index (κ2) is 11.5. The molecular formula is C32H42N4O7. The normalized spacial score (nSPS) is 31.4. The number of fused-ring (bicyclic) bond motifs is 7. The van der Waals surface area contributed by atoms with Gasteiger partial charge in [0.1, 0.15) is 35.7 Å². The Morgan fingerprint density at radius 2 is 1.86 bits per heavy atom. The third kappa shape index (κ3) is 6.08. The second-order valence-electron chi connectivity index (χ2n) is 13.7. The first-order chi connectivity index (χ1) is 20.5.